The molecule has 19 heavy (non-hydrogen) atoms. The number of benzene rings is 2. The fraction of sp³-hybridized carbons (Fsp3) is 0.0769. The number of alkyl halides is 3. The molecule has 0 atom stereocenters. The molecule has 2 aromatic rings. The van der Waals surface area contributed by atoms with Crippen molar-refractivity contribution in [2.75, 3.05) is 0 Å². The molecule has 0 aliphatic heterocycles. The number of hydrogen-bond donors (Lipinski definition) is 1. The van der Waals surface area contributed by atoms with Crippen molar-refractivity contribution in [1.82, 2.24) is 0 Å². The minimum atomic E-state index is -4.35. The highest BCUT2D eigenvalue weighted by molar-refractivity contribution is 9.10. The molecule has 0 aromatic heterocycles. The smallest absolute Gasteiger partial charge is 0.416 e. The number of hydrogen-bond acceptors (Lipinski definition) is 2. The van der Waals surface area contributed by atoms with Gasteiger partial charge in [0.05, 0.1) is 5.56 Å². The van der Waals surface area contributed by atoms with E-state index in [1.54, 1.807) is 18.2 Å². The van der Waals surface area contributed by atoms with Gasteiger partial charge < -0.3 is 5.11 Å². The molecule has 0 radical (unpaired) electrons. The monoisotopic (exact) mass is 348 g/mol. The van der Waals surface area contributed by atoms with Gasteiger partial charge in [-0.3, -0.25) is 0 Å². The van der Waals surface area contributed by atoms with Crippen molar-refractivity contribution in [2.45, 2.75) is 16.0 Å². The molecule has 1 N–H and O–H groups in total. The fourth-order valence-corrected chi connectivity index (χ4v) is 2.93. The van der Waals surface area contributed by atoms with E-state index in [1.165, 1.54) is 23.9 Å². The second-order valence-corrected chi connectivity index (χ2v) is 5.71. The predicted molar refractivity (Wildman–Crippen MR) is 71.4 cm³/mol. The third kappa shape index (κ3) is 3.67. The van der Waals surface area contributed by atoms with Crippen LogP contribution in [0.25, 0.3) is 0 Å². The molecule has 0 heterocycles. The quantitative estimate of drug-likeness (QED) is 0.791. The number of phenolic OH excluding ortho intramolecular Hbond substituents is 1. The summed E-state index contributed by atoms with van der Waals surface area (Å²) in [4.78, 5) is 1.40. The van der Waals surface area contributed by atoms with Gasteiger partial charge in [-0.2, -0.15) is 13.2 Å². The summed E-state index contributed by atoms with van der Waals surface area (Å²) in [6.07, 6.45) is -4.35. The number of phenols is 1. The van der Waals surface area contributed by atoms with Crippen LogP contribution in [0.5, 0.6) is 5.75 Å². The molecule has 2 aromatic carbocycles. The second kappa shape index (κ2) is 5.46. The predicted octanol–water partition coefficient (Wildman–Crippen LogP) is 5.32. The van der Waals surface area contributed by atoms with Gasteiger partial charge in [-0.1, -0.05) is 17.8 Å². The van der Waals surface area contributed by atoms with Crippen LogP contribution in [0.3, 0.4) is 0 Å². The molecule has 0 unspecified atom stereocenters. The lowest BCUT2D eigenvalue weighted by Crippen LogP contribution is -2.04. The first-order valence-electron chi connectivity index (χ1n) is 5.20. The molecule has 0 saturated heterocycles. The molecular formula is C13H8BrF3OS. The van der Waals surface area contributed by atoms with Crippen LogP contribution in [0.2, 0.25) is 0 Å². The van der Waals surface area contributed by atoms with Crippen molar-refractivity contribution >= 4 is 27.7 Å². The van der Waals surface area contributed by atoms with Crippen molar-refractivity contribution in [2.24, 2.45) is 0 Å². The summed E-state index contributed by atoms with van der Waals surface area (Å²) in [5.74, 6) is 0.119. The van der Waals surface area contributed by atoms with E-state index in [4.69, 9.17) is 0 Å². The molecule has 100 valence electrons. The van der Waals surface area contributed by atoms with Crippen molar-refractivity contribution < 1.29 is 18.3 Å². The molecular weight excluding hydrogens is 341 g/mol. The zero-order chi connectivity index (χ0) is 14.0. The van der Waals surface area contributed by atoms with Gasteiger partial charge in [-0.05, 0) is 52.3 Å². The van der Waals surface area contributed by atoms with Gasteiger partial charge in [0.25, 0.3) is 0 Å². The molecule has 0 fully saturated rings. The first kappa shape index (κ1) is 14.3. The van der Waals surface area contributed by atoms with Crippen molar-refractivity contribution in [3.8, 4) is 5.75 Å². The van der Waals surface area contributed by atoms with E-state index in [-0.39, 0.29) is 5.75 Å². The summed E-state index contributed by atoms with van der Waals surface area (Å²) >= 11 is 4.41. The highest BCUT2D eigenvalue weighted by atomic mass is 79.9. The van der Waals surface area contributed by atoms with Crippen LogP contribution in [0.4, 0.5) is 13.2 Å². The second-order valence-electron chi connectivity index (χ2n) is 3.74. The topological polar surface area (TPSA) is 20.2 Å². The van der Waals surface area contributed by atoms with Crippen LogP contribution in [0.1, 0.15) is 5.56 Å². The maximum Gasteiger partial charge on any atom is 0.416 e. The Morgan fingerprint density at radius 3 is 2.37 bits per heavy atom. The Labute approximate surface area is 120 Å². The minimum absolute atomic E-state index is 0.119. The van der Waals surface area contributed by atoms with E-state index >= 15 is 0 Å². The van der Waals surface area contributed by atoms with E-state index < -0.39 is 11.7 Å². The first-order valence-corrected chi connectivity index (χ1v) is 6.81. The lowest BCUT2D eigenvalue weighted by Gasteiger charge is -2.10. The normalized spacial score (nSPS) is 11.6. The standard InChI is InChI=1S/C13H8BrF3OS/c14-11-6-8(13(15,16)17)4-5-12(11)19-10-3-1-2-9(18)7-10/h1-7,18H. The third-order valence-electron chi connectivity index (χ3n) is 2.30. The molecule has 0 aliphatic carbocycles. The molecule has 6 heteroatoms. The van der Waals surface area contributed by atoms with Crippen LogP contribution in [0, 0.1) is 0 Å². The number of halogens is 4. The van der Waals surface area contributed by atoms with Gasteiger partial charge in [-0.25, -0.2) is 0 Å². The van der Waals surface area contributed by atoms with Gasteiger partial charge in [-0.15, -0.1) is 0 Å². The largest absolute Gasteiger partial charge is 0.508 e. The Balaban J connectivity index is 2.27. The fourth-order valence-electron chi connectivity index (χ4n) is 1.43. The number of aromatic hydroxyl groups is 1. The van der Waals surface area contributed by atoms with E-state index in [0.717, 1.165) is 17.0 Å². The van der Waals surface area contributed by atoms with Gasteiger partial charge in [0.2, 0.25) is 0 Å². The molecule has 2 rings (SSSR count). The third-order valence-corrected chi connectivity index (χ3v) is 4.29. The molecule has 0 saturated carbocycles. The highest BCUT2D eigenvalue weighted by Crippen LogP contribution is 2.38. The lowest BCUT2D eigenvalue weighted by atomic mass is 10.2. The SMILES string of the molecule is Oc1cccc(Sc2ccc(C(F)(F)F)cc2Br)c1. The van der Waals surface area contributed by atoms with Crippen LogP contribution < -0.4 is 0 Å². The van der Waals surface area contributed by atoms with Gasteiger partial charge in [0.15, 0.2) is 0 Å². The average molecular weight is 349 g/mol. The highest BCUT2D eigenvalue weighted by Gasteiger charge is 2.30. The maximum atomic E-state index is 12.5. The molecule has 0 amide bonds. The van der Waals surface area contributed by atoms with Crippen molar-refractivity contribution in [3.05, 3.63) is 52.5 Å². The maximum absolute atomic E-state index is 12.5. The summed E-state index contributed by atoms with van der Waals surface area (Å²) in [6, 6.07) is 10.0. The van der Waals surface area contributed by atoms with Crippen LogP contribution >= 0.6 is 27.7 Å². The summed E-state index contributed by atoms with van der Waals surface area (Å²) in [5.41, 5.74) is -0.695. The van der Waals surface area contributed by atoms with Crippen molar-refractivity contribution in [1.29, 1.82) is 0 Å². The molecule has 0 bridgehead atoms. The summed E-state index contributed by atoms with van der Waals surface area (Å²) in [6.45, 7) is 0. The first-order chi connectivity index (χ1) is 8.86. The van der Waals surface area contributed by atoms with Gasteiger partial charge in [0, 0.05) is 14.3 Å². The Kier molecular flexibility index (Phi) is 4.10. The Bertz CT molecular complexity index is 599. The number of rotatable bonds is 2. The van der Waals surface area contributed by atoms with E-state index in [0.29, 0.717) is 9.37 Å². The minimum Gasteiger partial charge on any atom is -0.508 e. The zero-order valence-corrected chi connectivity index (χ0v) is 11.8. The van der Waals surface area contributed by atoms with Crippen LogP contribution in [-0.2, 0) is 6.18 Å². The summed E-state index contributed by atoms with van der Waals surface area (Å²) in [7, 11) is 0. The molecule has 0 spiro atoms. The Hall–Kier alpha value is -1.14. The van der Waals surface area contributed by atoms with E-state index in [1.807, 2.05) is 0 Å². The Morgan fingerprint density at radius 2 is 1.79 bits per heavy atom. The van der Waals surface area contributed by atoms with E-state index in [9.17, 15) is 18.3 Å². The molecule has 1 nitrogen and oxygen atoms in total. The molecule has 0 aliphatic rings. The summed E-state index contributed by atoms with van der Waals surface area (Å²) in [5, 5.41) is 9.34. The van der Waals surface area contributed by atoms with Crippen molar-refractivity contribution in [3.63, 3.8) is 0 Å². The average Bonchev–Trinajstić information content (AvgIpc) is 2.30. The Morgan fingerprint density at radius 1 is 1.05 bits per heavy atom. The van der Waals surface area contributed by atoms with Gasteiger partial charge >= 0.3 is 6.18 Å². The lowest BCUT2D eigenvalue weighted by molar-refractivity contribution is -0.137. The summed E-state index contributed by atoms with van der Waals surface area (Å²) < 4.78 is 37.9. The van der Waals surface area contributed by atoms with Crippen LogP contribution in [-0.4, -0.2) is 5.11 Å². The zero-order valence-electron chi connectivity index (χ0n) is 9.41. The van der Waals surface area contributed by atoms with E-state index in [2.05, 4.69) is 15.9 Å². The van der Waals surface area contributed by atoms with Crippen LogP contribution in [0.15, 0.2) is 56.7 Å². The van der Waals surface area contributed by atoms with Gasteiger partial charge in [0.1, 0.15) is 5.75 Å².